The number of hydrogen-bond donors (Lipinski definition) is 1. The van der Waals surface area contributed by atoms with Crippen molar-refractivity contribution in [1.82, 2.24) is 10.2 Å². The van der Waals surface area contributed by atoms with Gasteiger partial charge in [-0.25, -0.2) is 0 Å². The molecule has 1 aromatic rings. The molecule has 1 aromatic carbocycles. The van der Waals surface area contributed by atoms with Gasteiger partial charge in [0.1, 0.15) is 0 Å². The SMILES string of the molecule is CC(=O)NC1CCN(C(=O)Cc2ccc(Br)cc2)CC1. The van der Waals surface area contributed by atoms with E-state index in [0.29, 0.717) is 6.42 Å². The molecule has 1 saturated heterocycles. The van der Waals surface area contributed by atoms with Crippen molar-refractivity contribution in [3.63, 3.8) is 0 Å². The molecule has 108 valence electrons. The van der Waals surface area contributed by atoms with Crippen LogP contribution < -0.4 is 5.32 Å². The van der Waals surface area contributed by atoms with Gasteiger partial charge in [-0.3, -0.25) is 9.59 Å². The van der Waals surface area contributed by atoms with E-state index in [1.807, 2.05) is 29.2 Å². The zero-order valence-corrected chi connectivity index (χ0v) is 13.1. The molecule has 0 aromatic heterocycles. The molecule has 2 rings (SSSR count). The van der Waals surface area contributed by atoms with Crippen LogP contribution in [-0.4, -0.2) is 35.8 Å². The molecule has 4 nitrogen and oxygen atoms in total. The maximum Gasteiger partial charge on any atom is 0.226 e. The second kappa shape index (κ2) is 6.88. The Morgan fingerprint density at radius 3 is 2.40 bits per heavy atom. The number of hydrogen-bond acceptors (Lipinski definition) is 2. The number of nitrogens with zero attached hydrogens (tertiary/aromatic N) is 1. The first-order valence-corrected chi connectivity index (χ1v) is 7.63. The molecule has 1 aliphatic rings. The molecular formula is C15H19BrN2O2. The average molecular weight is 339 g/mol. The van der Waals surface area contributed by atoms with Gasteiger partial charge in [-0.05, 0) is 30.5 Å². The van der Waals surface area contributed by atoms with Crippen LogP contribution >= 0.6 is 15.9 Å². The van der Waals surface area contributed by atoms with Gasteiger partial charge in [0.2, 0.25) is 11.8 Å². The molecule has 0 spiro atoms. The standard InChI is InChI=1S/C15H19BrN2O2/c1-11(19)17-14-6-8-18(9-7-14)15(20)10-12-2-4-13(16)5-3-12/h2-5,14H,6-10H2,1H3,(H,17,19). The van der Waals surface area contributed by atoms with Crippen LogP contribution in [-0.2, 0) is 16.0 Å². The van der Waals surface area contributed by atoms with Gasteiger partial charge in [-0.15, -0.1) is 0 Å². The van der Waals surface area contributed by atoms with Crippen LogP contribution in [0, 0.1) is 0 Å². The van der Waals surface area contributed by atoms with Crippen LogP contribution in [0.15, 0.2) is 28.7 Å². The summed E-state index contributed by atoms with van der Waals surface area (Å²) in [4.78, 5) is 25.1. The summed E-state index contributed by atoms with van der Waals surface area (Å²) in [7, 11) is 0. The lowest BCUT2D eigenvalue weighted by Crippen LogP contribution is -2.46. The van der Waals surface area contributed by atoms with Crippen molar-refractivity contribution < 1.29 is 9.59 Å². The van der Waals surface area contributed by atoms with Crippen molar-refractivity contribution in [3.8, 4) is 0 Å². The highest BCUT2D eigenvalue weighted by molar-refractivity contribution is 9.10. The maximum absolute atomic E-state index is 12.2. The van der Waals surface area contributed by atoms with Crippen LogP contribution in [0.25, 0.3) is 0 Å². The van der Waals surface area contributed by atoms with Crippen LogP contribution in [0.4, 0.5) is 0 Å². The quantitative estimate of drug-likeness (QED) is 0.917. The van der Waals surface area contributed by atoms with Gasteiger partial charge in [0.25, 0.3) is 0 Å². The van der Waals surface area contributed by atoms with Crippen LogP contribution in [0.3, 0.4) is 0 Å². The normalized spacial score (nSPS) is 16.0. The minimum absolute atomic E-state index is 0.00430. The number of nitrogens with one attached hydrogen (secondary N) is 1. The third-order valence-electron chi connectivity index (χ3n) is 3.52. The number of carbonyl (C=O) groups is 2. The van der Waals surface area contributed by atoms with E-state index >= 15 is 0 Å². The molecule has 0 saturated carbocycles. The lowest BCUT2D eigenvalue weighted by atomic mass is 10.0. The second-order valence-electron chi connectivity index (χ2n) is 5.16. The van der Waals surface area contributed by atoms with Gasteiger partial charge < -0.3 is 10.2 Å². The van der Waals surface area contributed by atoms with Crippen LogP contribution in [0.1, 0.15) is 25.3 Å². The Hall–Kier alpha value is -1.36. The Bertz CT molecular complexity index is 479. The van der Waals surface area contributed by atoms with Gasteiger partial charge in [0, 0.05) is 30.5 Å². The van der Waals surface area contributed by atoms with Crippen molar-refractivity contribution in [1.29, 1.82) is 0 Å². The number of piperidine rings is 1. The molecule has 0 atom stereocenters. The molecule has 20 heavy (non-hydrogen) atoms. The number of carbonyl (C=O) groups excluding carboxylic acids is 2. The summed E-state index contributed by atoms with van der Waals surface area (Å²) in [5.41, 5.74) is 1.03. The first kappa shape index (κ1) is 15.0. The summed E-state index contributed by atoms with van der Waals surface area (Å²) in [6.07, 6.45) is 2.12. The van der Waals surface area contributed by atoms with Gasteiger partial charge in [0.15, 0.2) is 0 Å². The molecular weight excluding hydrogens is 320 g/mol. The van der Waals surface area contributed by atoms with Crippen LogP contribution in [0.2, 0.25) is 0 Å². The van der Waals surface area contributed by atoms with Crippen molar-refractivity contribution in [2.24, 2.45) is 0 Å². The van der Waals surface area contributed by atoms with Crippen molar-refractivity contribution >= 4 is 27.7 Å². The highest BCUT2D eigenvalue weighted by atomic mass is 79.9. The maximum atomic E-state index is 12.2. The van der Waals surface area contributed by atoms with E-state index in [0.717, 1.165) is 36.0 Å². The van der Waals surface area contributed by atoms with E-state index < -0.39 is 0 Å². The fourth-order valence-corrected chi connectivity index (χ4v) is 2.71. The molecule has 0 radical (unpaired) electrons. The number of amides is 2. The molecule has 2 amide bonds. The topological polar surface area (TPSA) is 49.4 Å². The van der Waals surface area contributed by atoms with E-state index in [9.17, 15) is 9.59 Å². The fraction of sp³-hybridized carbons (Fsp3) is 0.467. The van der Waals surface area contributed by atoms with Gasteiger partial charge in [-0.1, -0.05) is 28.1 Å². The molecule has 0 bridgehead atoms. The largest absolute Gasteiger partial charge is 0.353 e. The minimum atomic E-state index is 0.00430. The summed E-state index contributed by atoms with van der Waals surface area (Å²) in [6.45, 7) is 2.98. The Morgan fingerprint density at radius 1 is 1.25 bits per heavy atom. The zero-order chi connectivity index (χ0) is 14.5. The van der Waals surface area contributed by atoms with E-state index in [4.69, 9.17) is 0 Å². The zero-order valence-electron chi connectivity index (χ0n) is 11.6. The summed E-state index contributed by atoms with van der Waals surface area (Å²) >= 11 is 3.38. The third kappa shape index (κ3) is 4.34. The molecule has 1 N–H and O–H groups in total. The van der Waals surface area contributed by atoms with Crippen molar-refractivity contribution in [3.05, 3.63) is 34.3 Å². The van der Waals surface area contributed by atoms with E-state index in [2.05, 4.69) is 21.2 Å². The Morgan fingerprint density at radius 2 is 1.85 bits per heavy atom. The lowest BCUT2D eigenvalue weighted by Gasteiger charge is -2.32. The van der Waals surface area contributed by atoms with E-state index in [1.54, 1.807) is 0 Å². The number of halogens is 1. The molecule has 0 aliphatic carbocycles. The number of likely N-dealkylation sites (tertiary alicyclic amines) is 1. The number of benzene rings is 1. The first-order chi connectivity index (χ1) is 9.54. The predicted octanol–water partition coefficient (Wildman–Crippen LogP) is 2.12. The lowest BCUT2D eigenvalue weighted by molar-refractivity contribution is -0.131. The summed E-state index contributed by atoms with van der Waals surface area (Å²) in [6, 6.07) is 8.04. The molecule has 1 heterocycles. The highest BCUT2D eigenvalue weighted by Gasteiger charge is 2.22. The minimum Gasteiger partial charge on any atom is -0.353 e. The molecule has 5 heteroatoms. The molecule has 1 aliphatic heterocycles. The Kier molecular flexibility index (Phi) is 5.17. The second-order valence-corrected chi connectivity index (χ2v) is 6.07. The average Bonchev–Trinajstić information content (AvgIpc) is 2.41. The van der Waals surface area contributed by atoms with Crippen molar-refractivity contribution in [2.45, 2.75) is 32.2 Å². The summed E-state index contributed by atoms with van der Waals surface area (Å²) in [5.74, 6) is 0.165. The fourth-order valence-electron chi connectivity index (χ4n) is 2.45. The van der Waals surface area contributed by atoms with Gasteiger partial charge in [-0.2, -0.15) is 0 Å². The van der Waals surface area contributed by atoms with Gasteiger partial charge >= 0.3 is 0 Å². The number of rotatable bonds is 3. The van der Waals surface area contributed by atoms with E-state index in [1.165, 1.54) is 6.92 Å². The first-order valence-electron chi connectivity index (χ1n) is 6.84. The molecule has 1 fully saturated rings. The predicted molar refractivity (Wildman–Crippen MR) is 81.3 cm³/mol. The summed E-state index contributed by atoms with van der Waals surface area (Å²) in [5, 5.41) is 2.92. The summed E-state index contributed by atoms with van der Waals surface area (Å²) < 4.78 is 1.02. The highest BCUT2D eigenvalue weighted by Crippen LogP contribution is 2.14. The van der Waals surface area contributed by atoms with Crippen LogP contribution in [0.5, 0.6) is 0 Å². The Balaban J connectivity index is 1.82. The van der Waals surface area contributed by atoms with E-state index in [-0.39, 0.29) is 17.9 Å². The monoisotopic (exact) mass is 338 g/mol. The molecule has 0 unspecified atom stereocenters. The van der Waals surface area contributed by atoms with Crippen molar-refractivity contribution in [2.75, 3.05) is 13.1 Å². The smallest absolute Gasteiger partial charge is 0.226 e. The third-order valence-corrected chi connectivity index (χ3v) is 4.05. The Labute approximate surface area is 127 Å². The van der Waals surface area contributed by atoms with Gasteiger partial charge in [0.05, 0.1) is 6.42 Å².